The molecule has 112 valence electrons. The number of thiazole rings is 1. The molecule has 0 aliphatic heterocycles. The normalized spacial score (nSPS) is 10.6. The number of carbonyl (C=O) groups is 1. The Morgan fingerprint density at radius 2 is 2.27 bits per heavy atom. The van der Waals surface area contributed by atoms with E-state index in [9.17, 15) is 4.79 Å². The van der Waals surface area contributed by atoms with Gasteiger partial charge in [-0.1, -0.05) is 13.0 Å². The molecule has 1 N–H and O–H groups in total. The molecule has 2 aromatic heterocycles. The second-order valence-electron chi connectivity index (χ2n) is 4.77. The van der Waals surface area contributed by atoms with E-state index in [-0.39, 0.29) is 5.91 Å². The number of hydrogen-bond acceptors (Lipinski definition) is 4. The third-order valence-corrected chi connectivity index (χ3v) is 4.14. The summed E-state index contributed by atoms with van der Waals surface area (Å²) in [6, 6.07) is 9.23. The van der Waals surface area contributed by atoms with Crippen molar-refractivity contribution >= 4 is 17.2 Å². The van der Waals surface area contributed by atoms with Crippen LogP contribution >= 0.6 is 11.3 Å². The van der Waals surface area contributed by atoms with Crippen LogP contribution in [0, 0.1) is 0 Å². The van der Waals surface area contributed by atoms with Gasteiger partial charge in [0, 0.05) is 23.3 Å². The highest BCUT2D eigenvalue weighted by molar-refractivity contribution is 7.09. The Kier molecular flexibility index (Phi) is 4.29. The molecule has 0 radical (unpaired) electrons. The summed E-state index contributed by atoms with van der Waals surface area (Å²) in [5.41, 5.74) is 2.54. The summed E-state index contributed by atoms with van der Waals surface area (Å²) < 4.78 is 1.73. The summed E-state index contributed by atoms with van der Waals surface area (Å²) in [6.07, 6.45) is 4.47. The van der Waals surface area contributed by atoms with E-state index in [0.717, 1.165) is 22.8 Å². The van der Waals surface area contributed by atoms with Crippen molar-refractivity contribution in [3.05, 3.63) is 64.4 Å². The zero-order valence-corrected chi connectivity index (χ0v) is 13.0. The van der Waals surface area contributed by atoms with Crippen molar-refractivity contribution in [2.75, 3.05) is 0 Å². The van der Waals surface area contributed by atoms with Crippen LogP contribution in [0.4, 0.5) is 0 Å². The number of benzene rings is 1. The van der Waals surface area contributed by atoms with Gasteiger partial charge in [-0.2, -0.15) is 5.10 Å². The lowest BCUT2D eigenvalue weighted by Gasteiger charge is -2.06. The summed E-state index contributed by atoms with van der Waals surface area (Å²) in [5.74, 6) is -0.109. The van der Waals surface area contributed by atoms with Crippen LogP contribution in [0.5, 0.6) is 0 Å². The van der Waals surface area contributed by atoms with Crippen LogP contribution < -0.4 is 5.32 Å². The van der Waals surface area contributed by atoms with Crippen molar-refractivity contribution in [1.29, 1.82) is 0 Å². The van der Waals surface area contributed by atoms with E-state index >= 15 is 0 Å². The first-order valence-electron chi connectivity index (χ1n) is 7.08. The fourth-order valence-electron chi connectivity index (χ4n) is 2.06. The van der Waals surface area contributed by atoms with Crippen molar-refractivity contribution in [2.24, 2.45) is 0 Å². The molecular weight excluding hydrogens is 296 g/mol. The molecule has 0 aliphatic rings. The third kappa shape index (κ3) is 3.23. The Hall–Kier alpha value is -2.47. The maximum Gasteiger partial charge on any atom is 0.251 e. The van der Waals surface area contributed by atoms with Gasteiger partial charge in [-0.05, 0) is 30.7 Å². The first-order chi connectivity index (χ1) is 10.8. The van der Waals surface area contributed by atoms with E-state index in [2.05, 4.69) is 22.3 Å². The molecule has 0 aliphatic carbocycles. The van der Waals surface area contributed by atoms with E-state index < -0.39 is 0 Å². The molecule has 1 aromatic carbocycles. The standard InChI is InChI=1S/C16H16N4OS/c1-2-13-11-22-15(19-13)10-17-16(21)12-5-3-6-14(9-12)20-8-4-7-18-20/h3-9,11H,2,10H2,1H3,(H,17,21). The molecule has 0 atom stereocenters. The van der Waals surface area contributed by atoms with E-state index in [0.29, 0.717) is 12.1 Å². The molecule has 5 nitrogen and oxygen atoms in total. The van der Waals surface area contributed by atoms with Gasteiger partial charge in [0.1, 0.15) is 5.01 Å². The lowest BCUT2D eigenvalue weighted by molar-refractivity contribution is 0.0951. The van der Waals surface area contributed by atoms with Gasteiger partial charge in [-0.15, -0.1) is 11.3 Å². The summed E-state index contributed by atoms with van der Waals surface area (Å²) in [7, 11) is 0. The second kappa shape index (κ2) is 6.53. The number of nitrogens with one attached hydrogen (secondary N) is 1. The molecule has 6 heteroatoms. The van der Waals surface area contributed by atoms with Crippen LogP contribution in [-0.4, -0.2) is 20.7 Å². The lowest BCUT2D eigenvalue weighted by Crippen LogP contribution is -2.22. The minimum Gasteiger partial charge on any atom is -0.346 e. The highest BCUT2D eigenvalue weighted by Crippen LogP contribution is 2.12. The zero-order valence-electron chi connectivity index (χ0n) is 12.2. The van der Waals surface area contributed by atoms with Gasteiger partial charge in [0.2, 0.25) is 0 Å². The van der Waals surface area contributed by atoms with E-state index in [1.165, 1.54) is 0 Å². The third-order valence-electron chi connectivity index (χ3n) is 3.24. The van der Waals surface area contributed by atoms with Gasteiger partial charge < -0.3 is 5.32 Å². The number of rotatable bonds is 5. The average Bonchev–Trinajstić information content (AvgIpc) is 3.24. The van der Waals surface area contributed by atoms with E-state index in [4.69, 9.17) is 0 Å². The predicted molar refractivity (Wildman–Crippen MR) is 86.2 cm³/mol. The minimum absolute atomic E-state index is 0.109. The Morgan fingerprint density at radius 3 is 3.00 bits per heavy atom. The van der Waals surface area contributed by atoms with Gasteiger partial charge in [0.15, 0.2) is 0 Å². The molecule has 1 amide bonds. The van der Waals surface area contributed by atoms with Crippen LogP contribution in [-0.2, 0) is 13.0 Å². The Bertz CT molecular complexity index is 764. The van der Waals surface area contributed by atoms with Crippen LogP contribution in [0.2, 0.25) is 0 Å². The number of aromatic nitrogens is 3. The van der Waals surface area contributed by atoms with Crippen LogP contribution in [0.1, 0.15) is 28.0 Å². The Labute approximate surface area is 132 Å². The molecule has 3 aromatic rings. The maximum absolute atomic E-state index is 12.3. The fourth-order valence-corrected chi connectivity index (χ4v) is 2.88. The summed E-state index contributed by atoms with van der Waals surface area (Å²) in [4.78, 5) is 16.7. The van der Waals surface area contributed by atoms with Gasteiger partial charge in [0.05, 0.1) is 17.9 Å². The summed E-state index contributed by atoms with van der Waals surface area (Å²) in [5, 5.41) is 10.0. The monoisotopic (exact) mass is 312 g/mol. The quantitative estimate of drug-likeness (QED) is 0.788. The molecule has 22 heavy (non-hydrogen) atoms. The predicted octanol–water partition coefficient (Wildman–Crippen LogP) is 2.82. The highest BCUT2D eigenvalue weighted by Gasteiger charge is 2.08. The summed E-state index contributed by atoms with van der Waals surface area (Å²) in [6.45, 7) is 2.52. The highest BCUT2D eigenvalue weighted by atomic mass is 32.1. The summed E-state index contributed by atoms with van der Waals surface area (Å²) >= 11 is 1.57. The van der Waals surface area contributed by atoms with Crippen molar-refractivity contribution < 1.29 is 4.79 Å². The molecule has 0 unspecified atom stereocenters. The largest absolute Gasteiger partial charge is 0.346 e. The van der Waals surface area contributed by atoms with Crippen LogP contribution in [0.25, 0.3) is 5.69 Å². The minimum atomic E-state index is -0.109. The van der Waals surface area contributed by atoms with Crippen LogP contribution in [0.15, 0.2) is 48.1 Å². The molecule has 2 heterocycles. The molecule has 0 bridgehead atoms. The lowest BCUT2D eigenvalue weighted by atomic mass is 10.2. The second-order valence-corrected chi connectivity index (χ2v) is 5.71. The molecule has 0 saturated heterocycles. The van der Waals surface area contributed by atoms with Crippen molar-refractivity contribution in [3.63, 3.8) is 0 Å². The first-order valence-corrected chi connectivity index (χ1v) is 7.96. The first kappa shape index (κ1) is 14.5. The maximum atomic E-state index is 12.3. The number of nitrogens with zero attached hydrogens (tertiary/aromatic N) is 3. The average molecular weight is 312 g/mol. The van der Waals surface area contributed by atoms with Crippen LogP contribution in [0.3, 0.4) is 0 Å². The van der Waals surface area contributed by atoms with Crippen molar-refractivity contribution in [3.8, 4) is 5.69 Å². The molecular formula is C16H16N4OS. The van der Waals surface area contributed by atoms with Gasteiger partial charge in [-0.3, -0.25) is 4.79 Å². The number of amides is 1. The van der Waals surface area contributed by atoms with E-state index in [1.807, 2.05) is 35.8 Å². The Morgan fingerprint density at radius 1 is 1.36 bits per heavy atom. The van der Waals surface area contributed by atoms with Crippen molar-refractivity contribution in [2.45, 2.75) is 19.9 Å². The molecule has 0 spiro atoms. The topological polar surface area (TPSA) is 59.8 Å². The smallest absolute Gasteiger partial charge is 0.251 e. The number of carbonyl (C=O) groups excluding carboxylic acids is 1. The Balaban J connectivity index is 1.68. The SMILES string of the molecule is CCc1csc(CNC(=O)c2cccc(-n3cccn3)c2)n1. The fraction of sp³-hybridized carbons (Fsp3) is 0.188. The molecule has 0 fully saturated rings. The zero-order chi connectivity index (χ0) is 15.4. The van der Waals surface area contributed by atoms with E-state index in [1.54, 1.807) is 28.3 Å². The van der Waals surface area contributed by atoms with Gasteiger partial charge in [0.25, 0.3) is 5.91 Å². The molecule has 3 rings (SSSR count). The van der Waals surface area contributed by atoms with Gasteiger partial charge in [-0.25, -0.2) is 9.67 Å². The van der Waals surface area contributed by atoms with Gasteiger partial charge >= 0.3 is 0 Å². The number of aryl methyl sites for hydroxylation is 1. The molecule has 0 saturated carbocycles. The van der Waals surface area contributed by atoms with Crippen molar-refractivity contribution in [1.82, 2.24) is 20.1 Å². The number of hydrogen-bond donors (Lipinski definition) is 1.